The van der Waals surface area contributed by atoms with E-state index in [2.05, 4.69) is 26.9 Å². The number of carbonyl (C=O) groups is 1. The summed E-state index contributed by atoms with van der Waals surface area (Å²) < 4.78 is 15.7. The Bertz CT molecular complexity index is 1260. The van der Waals surface area contributed by atoms with E-state index in [1.807, 2.05) is 54.6 Å². The number of hydrogen-bond donors (Lipinski definition) is 1. The maximum Gasteiger partial charge on any atom is 0.251 e. The summed E-state index contributed by atoms with van der Waals surface area (Å²) in [5, 5.41) is 3.03. The van der Waals surface area contributed by atoms with Gasteiger partial charge < -0.3 is 14.8 Å². The highest BCUT2D eigenvalue weighted by molar-refractivity contribution is 5.94. The highest BCUT2D eigenvalue weighted by Gasteiger charge is 2.22. The van der Waals surface area contributed by atoms with Gasteiger partial charge in [-0.3, -0.25) is 4.79 Å². The smallest absolute Gasteiger partial charge is 0.251 e. The maximum absolute atomic E-state index is 13.4. The Kier molecular flexibility index (Phi) is 7.19. The number of rotatable bonds is 8. The van der Waals surface area contributed by atoms with Crippen LogP contribution in [0.5, 0.6) is 0 Å². The molecule has 5 nitrogen and oxygen atoms in total. The van der Waals surface area contributed by atoms with Gasteiger partial charge in [0.05, 0.1) is 11.0 Å². The Hall–Kier alpha value is -3.51. The number of imidazole rings is 1. The molecule has 1 N–H and O–H groups in total. The predicted octanol–water partition coefficient (Wildman–Crippen LogP) is 4.91. The molecule has 3 aromatic carbocycles. The van der Waals surface area contributed by atoms with Crippen LogP contribution >= 0.6 is 0 Å². The van der Waals surface area contributed by atoms with Crippen molar-refractivity contribution in [2.75, 3.05) is 26.2 Å². The quantitative estimate of drug-likeness (QED) is 0.398. The molecule has 1 aromatic heterocycles. The molecule has 0 aliphatic carbocycles. The molecule has 6 heteroatoms. The van der Waals surface area contributed by atoms with E-state index in [0.29, 0.717) is 24.6 Å². The molecule has 0 atom stereocenters. The number of halogens is 1. The van der Waals surface area contributed by atoms with Gasteiger partial charge in [-0.15, -0.1) is 0 Å². The van der Waals surface area contributed by atoms with Gasteiger partial charge in [0.25, 0.3) is 5.91 Å². The van der Waals surface area contributed by atoms with Crippen molar-refractivity contribution in [2.24, 2.45) is 5.92 Å². The lowest BCUT2D eigenvalue weighted by Crippen LogP contribution is -2.40. The van der Waals surface area contributed by atoms with Gasteiger partial charge in [-0.05, 0) is 73.8 Å². The summed E-state index contributed by atoms with van der Waals surface area (Å²) in [6.45, 7) is 4.28. The van der Waals surface area contributed by atoms with Crippen LogP contribution in [0.25, 0.3) is 11.0 Å². The third-order valence-electron chi connectivity index (χ3n) is 6.92. The van der Waals surface area contributed by atoms with E-state index in [4.69, 9.17) is 4.98 Å². The molecule has 2 heterocycles. The molecule has 5 rings (SSSR count). The van der Waals surface area contributed by atoms with Gasteiger partial charge in [-0.2, -0.15) is 0 Å². The molecular formula is C29H31FN4O. The number of nitrogens with one attached hydrogen (secondary N) is 1. The number of para-hydroxylation sites is 2. The highest BCUT2D eigenvalue weighted by atomic mass is 19.1. The fraction of sp³-hybridized carbons (Fsp3) is 0.310. The molecule has 0 unspecified atom stereocenters. The molecule has 0 radical (unpaired) electrons. The topological polar surface area (TPSA) is 50.2 Å². The van der Waals surface area contributed by atoms with Gasteiger partial charge in [0, 0.05) is 31.6 Å². The van der Waals surface area contributed by atoms with Crippen LogP contribution in [0.2, 0.25) is 0 Å². The second-order valence-electron chi connectivity index (χ2n) is 9.34. The summed E-state index contributed by atoms with van der Waals surface area (Å²) in [6, 6.07) is 24.3. The van der Waals surface area contributed by atoms with E-state index < -0.39 is 0 Å². The van der Waals surface area contributed by atoms with Crippen LogP contribution in [-0.4, -0.2) is 46.5 Å². The van der Waals surface area contributed by atoms with E-state index in [-0.39, 0.29) is 11.7 Å². The second-order valence-corrected chi connectivity index (χ2v) is 9.34. The third-order valence-corrected chi connectivity index (χ3v) is 6.92. The van der Waals surface area contributed by atoms with Crippen LogP contribution in [0.1, 0.15) is 34.6 Å². The standard InChI is InChI=1S/C29H31FN4O/c30-25-12-10-23(11-13-25)21-34-27-9-5-4-8-26(27)32-28(34)20-22-14-17-33(18-15-22)19-16-31-29(35)24-6-2-1-3-7-24/h1-13,22H,14-21H2,(H,31,35). The molecule has 1 fully saturated rings. The molecule has 0 bridgehead atoms. The second kappa shape index (κ2) is 10.8. The lowest BCUT2D eigenvalue weighted by Gasteiger charge is -2.32. The van der Waals surface area contributed by atoms with Crippen LogP contribution in [0.4, 0.5) is 4.39 Å². The van der Waals surface area contributed by atoms with Gasteiger partial charge in [-0.25, -0.2) is 9.37 Å². The van der Waals surface area contributed by atoms with Crippen molar-refractivity contribution in [3.63, 3.8) is 0 Å². The molecule has 180 valence electrons. The van der Waals surface area contributed by atoms with Crippen LogP contribution in [-0.2, 0) is 13.0 Å². The summed E-state index contributed by atoms with van der Waals surface area (Å²) in [5.41, 5.74) is 3.91. The van der Waals surface area contributed by atoms with Crippen molar-refractivity contribution in [3.8, 4) is 0 Å². The molecular weight excluding hydrogens is 439 g/mol. The summed E-state index contributed by atoms with van der Waals surface area (Å²) in [7, 11) is 0. The summed E-state index contributed by atoms with van der Waals surface area (Å²) in [4.78, 5) is 19.6. The minimum Gasteiger partial charge on any atom is -0.351 e. The fourth-order valence-corrected chi connectivity index (χ4v) is 4.92. The first-order valence-corrected chi connectivity index (χ1v) is 12.4. The van der Waals surface area contributed by atoms with E-state index in [9.17, 15) is 9.18 Å². The van der Waals surface area contributed by atoms with Crippen molar-refractivity contribution in [1.82, 2.24) is 19.8 Å². The van der Waals surface area contributed by atoms with Crippen LogP contribution < -0.4 is 5.32 Å². The minimum atomic E-state index is -0.212. The summed E-state index contributed by atoms with van der Waals surface area (Å²) in [5.74, 6) is 1.45. The minimum absolute atomic E-state index is 0.0134. The number of likely N-dealkylation sites (tertiary alicyclic amines) is 1. The average molecular weight is 471 g/mol. The predicted molar refractivity (Wildman–Crippen MR) is 137 cm³/mol. The zero-order valence-electron chi connectivity index (χ0n) is 19.9. The number of amides is 1. The maximum atomic E-state index is 13.4. The Morgan fingerprint density at radius 3 is 2.43 bits per heavy atom. The van der Waals surface area contributed by atoms with Crippen molar-refractivity contribution >= 4 is 16.9 Å². The highest BCUT2D eigenvalue weighted by Crippen LogP contribution is 2.25. The molecule has 35 heavy (non-hydrogen) atoms. The Morgan fingerprint density at radius 2 is 1.66 bits per heavy atom. The number of nitrogens with zero attached hydrogens (tertiary/aromatic N) is 3. The van der Waals surface area contributed by atoms with Crippen LogP contribution in [0.15, 0.2) is 78.9 Å². The molecule has 1 saturated heterocycles. The molecule has 1 aliphatic heterocycles. The number of aromatic nitrogens is 2. The number of benzene rings is 3. The Balaban J connectivity index is 1.17. The Labute approximate surface area is 205 Å². The first-order valence-electron chi connectivity index (χ1n) is 12.4. The summed E-state index contributed by atoms with van der Waals surface area (Å²) >= 11 is 0. The summed E-state index contributed by atoms with van der Waals surface area (Å²) in [6.07, 6.45) is 3.17. The largest absolute Gasteiger partial charge is 0.351 e. The molecule has 4 aromatic rings. The molecule has 1 amide bonds. The molecule has 0 saturated carbocycles. The third kappa shape index (κ3) is 5.77. The lowest BCUT2D eigenvalue weighted by molar-refractivity contribution is 0.0944. The van der Waals surface area contributed by atoms with Crippen LogP contribution in [0.3, 0.4) is 0 Å². The number of piperidine rings is 1. The zero-order valence-corrected chi connectivity index (χ0v) is 19.9. The van der Waals surface area contributed by atoms with Gasteiger partial charge in [0.15, 0.2) is 0 Å². The first-order chi connectivity index (χ1) is 17.2. The SMILES string of the molecule is O=C(NCCN1CCC(Cc2nc3ccccc3n2Cc2ccc(F)cc2)CC1)c1ccccc1. The van der Waals surface area contributed by atoms with Gasteiger partial charge in [0.2, 0.25) is 0 Å². The van der Waals surface area contributed by atoms with Crippen molar-refractivity contribution in [3.05, 3.63) is 102 Å². The van der Waals surface area contributed by atoms with E-state index in [1.54, 1.807) is 0 Å². The van der Waals surface area contributed by atoms with Crippen molar-refractivity contribution in [1.29, 1.82) is 0 Å². The fourth-order valence-electron chi connectivity index (χ4n) is 4.92. The lowest BCUT2D eigenvalue weighted by atomic mass is 9.93. The van der Waals surface area contributed by atoms with E-state index in [1.165, 1.54) is 12.1 Å². The van der Waals surface area contributed by atoms with E-state index >= 15 is 0 Å². The molecule has 1 aliphatic rings. The number of fused-ring (bicyclic) bond motifs is 1. The first kappa shape index (κ1) is 23.2. The number of carbonyl (C=O) groups excluding carboxylic acids is 1. The molecule has 0 spiro atoms. The van der Waals surface area contributed by atoms with E-state index in [0.717, 1.165) is 61.3 Å². The van der Waals surface area contributed by atoms with Crippen molar-refractivity contribution < 1.29 is 9.18 Å². The average Bonchev–Trinajstić information content (AvgIpc) is 3.23. The number of hydrogen-bond acceptors (Lipinski definition) is 3. The van der Waals surface area contributed by atoms with Gasteiger partial charge in [0.1, 0.15) is 11.6 Å². The van der Waals surface area contributed by atoms with Gasteiger partial charge in [-0.1, -0.05) is 42.5 Å². The Morgan fingerprint density at radius 1 is 0.943 bits per heavy atom. The van der Waals surface area contributed by atoms with Gasteiger partial charge >= 0.3 is 0 Å². The zero-order chi connectivity index (χ0) is 24.0. The van der Waals surface area contributed by atoms with Crippen LogP contribution in [0, 0.1) is 11.7 Å². The monoisotopic (exact) mass is 470 g/mol. The normalized spacial score (nSPS) is 14.9. The van der Waals surface area contributed by atoms with Crippen molar-refractivity contribution in [2.45, 2.75) is 25.8 Å².